The van der Waals surface area contributed by atoms with Crippen LogP contribution in [0.3, 0.4) is 0 Å². The molecule has 0 aliphatic heterocycles. The SMILES string of the molecule is COC(=O)Nc1ccc(-c2cc(C(=N)C(=O)Nc3ccc(C#N)cc3C(=O)O)c(O)cc2NC(=O)OC)c(C)c1. The number of nitriles is 1. The maximum atomic E-state index is 12.9. The smallest absolute Gasteiger partial charge is 0.411 e. The first-order valence-electron chi connectivity index (χ1n) is 11.3. The molecule has 0 saturated carbocycles. The molecule has 3 amide bonds. The minimum Gasteiger partial charge on any atom is -0.507 e. The summed E-state index contributed by atoms with van der Waals surface area (Å²) in [5, 5.41) is 44.9. The monoisotopic (exact) mass is 545 g/mol. The lowest BCUT2D eigenvalue weighted by Gasteiger charge is -2.17. The van der Waals surface area contributed by atoms with Crippen LogP contribution in [0.2, 0.25) is 0 Å². The molecule has 13 heteroatoms. The van der Waals surface area contributed by atoms with Gasteiger partial charge in [-0.1, -0.05) is 6.07 Å². The highest BCUT2D eigenvalue weighted by atomic mass is 16.5. The van der Waals surface area contributed by atoms with Gasteiger partial charge in [-0.05, 0) is 54.4 Å². The quantitative estimate of drug-likeness (QED) is 0.233. The molecule has 0 bridgehead atoms. The Morgan fingerprint density at radius 2 is 1.52 bits per heavy atom. The van der Waals surface area contributed by atoms with Gasteiger partial charge in [0.25, 0.3) is 5.91 Å². The predicted octanol–water partition coefficient (Wildman–Crippen LogP) is 4.30. The van der Waals surface area contributed by atoms with Crippen molar-refractivity contribution in [2.45, 2.75) is 6.92 Å². The average molecular weight is 546 g/mol. The van der Waals surface area contributed by atoms with E-state index in [1.165, 1.54) is 25.3 Å². The summed E-state index contributed by atoms with van der Waals surface area (Å²) < 4.78 is 9.24. The molecule has 40 heavy (non-hydrogen) atoms. The number of nitrogens with one attached hydrogen (secondary N) is 4. The number of ether oxygens (including phenoxy) is 2. The van der Waals surface area contributed by atoms with Gasteiger partial charge in [0.15, 0.2) is 0 Å². The number of aryl methyl sites for hydroxylation is 1. The molecule has 3 rings (SSSR count). The Morgan fingerprint density at radius 1 is 0.850 bits per heavy atom. The normalized spacial score (nSPS) is 10.1. The zero-order valence-corrected chi connectivity index (χ0v) is 21.4. The highest BCUT2D eigenvalue weighted by molar-refractivity contribution is 6.48. The Kier molecular flexibility index (Phi) is 8.67. The molecule has 0 saturated heterocycles. The molecular formula is C27H23N5O8. The number of carbonyl (C=O) groups is 4. The number of carboxylic acid groups (broad SMARTS) is 1. The van der Waals surface area contributed by atoms with Crippen molar-refractivity contribution in [3.05, 3.63) is 70.8 Å². The van der Waals surface area contributed by atoms with Crippen LogP contribution in [0.25, 0.3) is 11.1 Å². The summed E-state index contributed by atoms with van der Waals surface area (Å²) in [5.41, 5.74) is 0.516. The van der Waals surface area contributed by atoms with E-state index in [1.54, 1.807) is 31.2 Å². The maximum absolute atomic E-state index is 12.9. The van der Waals surface area contributed by atoms with Crippen LogP contribution in [0.5, 0.6) is 5.75 Å². The van der Waals surface area contributed by atoms with Gasteiger partial charge in [-0.15, -0.1) is 0 Å². The number of aromatic carboxylic acids is 1. The van der Waals surface area contributed by atoms with Crippen LogP contribution in [0.1, 0.15) is 27.0 Å². The Morgan fingerprint density at radius 3 is 2.12 bits per heavy atom. The number of amides is 3. The van der Waals surface area contributed by atoms with Gasteiger partial charge >= 0.3 is 18.2 Å². The van der Waals surface area contributed by atoms with Crippen molar-refractivity contribution >= 4 is 46.8 Å². The van der Waals surface area contributed by atoms with Gasteiger partial charge in [-0.2, -0.15) is 5.26 Å². The largest absolute Gasteiger partial charge is 0.507 e. The summed E-state index contributed by atoms with van der Waals surface area (Å²) >= 11 is 0. The molecule has 0 aliphatic rings. The summed E-state index contributed by atoms with van der Waals surface area (Å²) in [4.78, 5) is 48.1. The van der Waals surface area contributed by atoms with Crippen LogP contribution in [0, 0.1) is 23.7 Å². The number of carboxylic acids is 1. The van der Waals surface area contributed by atoms with Crippen LogP contribution in [0.15, 0.2) is 48.5 Å². The van der Waals surface area contributed by atoms with E-state index in [9.17, 15) is 29.4 Å². The lowest BCUT2D eigenvalue weighted by atomic mass is 9.94. The van der Waals surface area contributed by atoms with Gasteiger partial charge in [-0.25, -0.2) is 14.4 Å². The fourth-order valence-electron chi connectivity index (χ4n) is 3.70. The number of anilines is 3. The Bertz CT molecular complexity index is 1590. The molecule has 13 nitrogen and oxygen atoms in total. The van der Waals surface area contributed by atoms with E-state index in [-0.39, 0.29) is 28.1 Å². The van der Waals surface area contributed by atoms with Crippen LogP contribution >= 0.6 is 0 Å². The van der Waals surface area contributed by atoms with Gasteiger partial charge in [0.1, 0.15) is 11.5 Å². The lowest BCUT2D eigenvalue weighted by Crippen LogP contribution is -2.24. The van der Waals surface area contributed by atoms with Gasteiger partial charge in [0, 0.05) is 22.9 Å². The molecule has 0 unspecified atom stereocenters. The van der Waals surface area contributed by atoms with Crippen molar-refractivity contribution in [1.29, 1.82) is 10.7 Å². The number of methoxy groups -OCH3 is 2. The van der Waals surface area contributed by atoms with Crippen LogP contribution < -0.4 is 16.0 Å². The topological polar surface area (TPSA) is 211 Å². The number of nitrogens with zero attached hydrogens (tertiary/aromatic N) is 1. The van der Waals surface area contributed by atoms with Crippen molar-refractivity contribution in [3.63, 3.8) is 0 Å². The van der Waals surface area contributed by atoms with E-state index < -0.39 is 35.5 Å². The van der Waals surface area contributed by atoms with Gasteiger partial charge in [0.2, 0.25) is 0 Å². The fraction of sp³-hybridized carbons (Fsp3) is 0.111. The summed E-state index contributed by atoms with van der Waals surface area (Å²) in [5.74, 6) is -2.98. The van der Waals surface area contributed by atoms with E-state index in [2.05, 4.69) is 25.4 Å². The third kappa shape index (κ3) is 6.32. The molecular weight excluding hydrogens is 522 g/mol. The Hall–Kier alpha value is -5.90. The minimum atomic E-state index is -1.40. The molecule has 3 aromatic rings. The second kappa shape index (κ2) is 12.1. The number of hydrogen-bond donors (Lipinski definition) is 6. The maximum Gasteiger partial charge on any atom is 0.411 e. The van der Waals surface area contributed by atoms with Crippen molar-refractivity contribution < 1.29 is 38.9 Å². The number of benzene rings is 3. The molecule has 204 valence electrons. The van der Waals surface area contributed by atoms with Crippen LogP contribution in [-0.2, 0) is 14.3 Å². The highest BCUT2D eigenvalue weighted by Gasteiger charge is 2.23. The first-order valence-corrected chi connectivity index (χ1v) is 11.3. The summed E-state index contributed by atoms with van der Waals surface area (Å²) in [6.45, 7) is 1.71. The number of hydrogen-bond acceptors (Lipinski definition) is 9. The Labute approximate surface area is 227 Å². The lowest BCUT2D eigenvalue weighted by molar-refractivity contribution is -0.110. The predicted molar refractivity (Wildman–Crippen MR) is 144 cm³/mol. The van der Waals surface area contributed by atoms with Crippen molar-refractivity contribution in [3.8, 4) is 22.9 Å². The highest BCUT2D eigenvalue weighted by Crippen LogP contribution is 2.37. The zero-order chi connectivity index (χ0) is 29.6. The summed E-state index contributed by atoms with van der Waals surface area (Å²) in [6.07, 6.45) is -1.52. The molecule has 6 N–H and O–H groups in total. The second-order valence-corrected chi connectivity index (χ2v) is 8.18. The Balaban J connectivity index is 2.05. The molecule has 3 aromatic carbocycles. The van der Waals surface area contributed by atoms with Crippen LogP contribution in [-0.4, -0.2) is 54.2 Å². The average Bonchev–Trinajstić information content (AvgIpc) is 2.93. The molecule has 0 aromatic heterocycles. The molecule has 0 atom stereocenters. The summed E-state index contributed by atoms with van der Waals surface area (Å²) in [7, 11) is 2.37. The number of phenols is 1. The number of carbonyl (C=O) groups excluding carboxylic acids is 3. The molecule has 0 heterocycles. The van der Waals surface area contributed by atoms with Gasteiger partial charge < -0.3 is 25.0 Å². The third-order valence-corrected chi connectivity index (χ3v) is 5.63. The number of aromatic hydroxyl groups is 1. The van der Waals surface area contributed by atoms with Crippen molar-refractivity contribution in [2.24, 2.45) is 0 Å². The van der Waals surface area contributed by atoms with E-state index in [0.29, 0.717) is 22.4 Å². The van der Waals surface area contributed by atoms with Crippen molar-refractivity contribution in [2.75, 3.05) is 30.2 Å². The second-order valence-electron chi connectivity index (χ2n) is 8.18. The van der Waals surface area contributed by atoms with Gasteiger partial charge in [-0.3, -0.25) is 20.8 Å². The van der Waals surface area contributed by atoms with Crippen molar-refractivity contribution in [1.82, 2.24) is 0 Å². The summed E-state index contributed by atoms with van der Waals surface area (Å²) in [6, 6.07) is 12.6. The fourth-order valence-corrected chi connectivity index (χ4v) is 3.70. The van der Waals surface area contributed by atoms with E-state index in [0.717, 1.165) is 19.2 Å². The van der Waals surface area contributed by atoms with E-state index >= 15 is 0 Å². The minimum absolute atomic E-state index is 0.0598. The molecule has 0 aliphatic carbocycles. The van der Waals surface area contributed by atoms with Crippen LogP contribution in [0.4, 0.5) is 26.7 Å². The van der Waals surface area contributed by atoms with E-state index in [1.807, 2.05) is 0 Å². The standard InChI is InChI=1S/C27H23N5O8/c1-13-8-15(30-26(37)39-2)5-6-16(13)17-10-19(22(33)11-21(17)32-27(38)40-3)23(29)24(34)31-20-7-4-14(12-28)9-18(20)25(35)36/h4-11,29,33H,1-3H3,(H,30,37)(H,31,34)(H,32,38)(H,35,36). The number of phenolic OH excluding ortho intramolecular Hbond substituents is 1. The molecule has 0 fully saturated rings. The molecule has 0 radical (unpaired) electrons. The first-order chi connectivity index (χ1) is 19.0. The first kappa shape index (κ1) is 28.7. The zero-order valence-electron chi connectivity index (χ0n) is 21.4. The molecule has 0 spiro atoms. The van der Waals surface area contributed by atoms with Gasteiger partial charge in [0.05, 0.1) is 42.8 Å². The number of rotatable bonds is 7. The van der Waals surface area contributed by atoms with E-state index in [4.69, 9.17) is 10.7 Å². The third-order valence-electron chi connectivity index (χ3n) is 5.63.